The summed E-state index contributed by atoms with van der Waals surface area (Å²) in [5.74, 6) is 2.23. The number of fused-ring (bicyclic) bond motifs is 3. The van der Waals surface area contributed by atoms with E-state index in [0.717, 1.165) is 56.1 Å². The summed E-state index contributed by atoms with van der Waals surface area (Å²) in [5.41, 5.74) is 2.04. The molecule has 0 atom stereocenters. The minimum atomic E-state index is 1.01. The van der Waals surface area contributed by atoms with Crippen LogP contribution in [0.15, 0.2) is 6.33 Å². The van der Waals surface area contributed by atoms with Crippen LogP contribution in [0, 0.1) is 0 Å². The van der Waals surface area contributed by atoms with Crippen molar-refractivity contribution in [2.75, 3.05) is 37.6 Å². The number of hydrogen-bond acceptors (Lipinski definition) is 5. The largest absolute Gasteiger partial charge is 0.352 e. The van der Waals surface area contributed by atoms with Crippen molar-refractivity contribution in [3.8, 4) is 0 Å². The second kappa shape index (κ2) is 6.43. The maximum Gasteiger partial charge on any atom is 0.165 e. The van der Waals surface area contributed by atoms with E-state index in [2.05, 4.69) is 31.3 Å². The van der Waals surface area contributed by atoms with E-state index in [1.54, 1.807) is 6.33 Å². The predicted octanol–water partition coefficient (Wildman–Crippen LogP) is 2.08. The molecule has 0 radical (unpaired) electrons. The third-order valence-corrected chi connectivity index (χ3v) is 5.09. The summed E-state index contributed by atoms with van der Waals surface area (Å²) in [6.45, 7) is 8.80. The molecule has 1 saturated heterocycles. The van der Waals surface area contributed by atoms with E-state index in [-0.39, 0.29) is 0 Å². The molecule has 2 aliphatic rings. The van der Waals surface area contributed by atoms with Crippen LogP contribution in [0.4, 0.5) is 5.82 Å². The van der Waals surface area contributed by atoms with Crippen molar-refractivity contribution < 1.29 is 0 Å². The quantitative estimate of drug-likeness (QED) is 0.868. The van der Waals surface area contributed by atoms with Gasteiger partial charge in [0.2, 0.25) is 0 Å². The van der Waals surface area contributed by atoms with Gasteiger partial charge in [-0.05, 0) is 25.8 Å². The Morgan fingerprint density at radius 2 is 1.87 bits per heavy atom. The van der Waals surface area contributed by atoms with Gasteiger partial charge in [0.05, 0.1) is 0 Å². The van der Waals surface area contributed by atoms with Crippen molar-refractivity contribution in [2.45, 2.75) is 45.6 Å². The fraction of sp³-hybridized carbons (Fsp3) is 0.706. The minimum absolute atomic E-state index is 1.01. The summed E-state index contributed by atoms with van der Waals surface area (Å²) in [6.07, 6.45) is 7.78. The maximum absolute atomic E-state index is 4.93. The summed E-state index contributed by atoms with van der Waals surface area (Å²) in [7, 11) is 0. The molecule has 23 heavy (non-hydrogen) atoms. The fourth-order valence-corrected chi connectivity index (χ4v) is 3.86. The Kier molecular flexibility index (Phi) is 4.16. The average Bonchev–Trinajstić information content (AvgIpc) is 2.77. The van der Waals surface area contributed by atoms with E-state index in [9.17, 15) is 0 Å². The van der Waals surface area contributed by atoms with Gasteiger partial charge >= 0.3 is 0 Å². The Bertz CT molecular complexity index is 671. The number of piperazine rings is 1. The monoisotopic (exact) mass is 314 g/mol. The molecule has 0 saturated carbocycles. The van der Waals surface area contributed by atoms with Crippen molar-refractivity contribution in [3.63, 3.8) is 0 Å². The Morgan fingerprint density at radius 3 is 2.70 bits per heavy atom. The van der Waals surface area contributed by atoms with Gasteiger partial charge in [0.15, 0.2) is 17.0 Å². The lowest BCUT2D eigenvalue weighted by atomic mass is 10.2. The van der Waals surface area contributed by atoms with E-state index < -0.39 is 0 Å². The number of aryl methyl sites for hydroxylation is 2. The molecular weight excluding hydrogens is 288 g/mol. The third-order valence-electron chi connectivity index (χ3n) is 5.09. The van der Waals surface area contributed by atoms with Gasteiger partial charge in [-0.25, -0.2) is 15.0 Å². The molecule has 6 nitrogen and oxygen atoms in total. The summed E-state index contributed by atoms with van der Waals surface area (Å²) in [5, 5.41) is 0. The molecule has 1 fully saturated rings. The number of anilines is 1. The SMILES string of the molecule is CCCN1CCN(c2ncnc3c2nc2n3CCCCC2)CC1. The molecule has 0 amide bonds. The molecule has 0 aliphatic carbocycles. The molecule has 0 unspecified atom stereocenters. The molecule has 6 heteroatoms. The fourth-order valence-electron chi connectivity index (χ4n) is 3.86. The molecule has 0 spiro atoms. The highest BCUT2D eigenvalue weighted by Gasteiger charge is 2.23. The van der Waals surface area contributed by atoms with Crippen molar-refractivity contribution in [3.05, 3.63) is 12.2 Å². The predicted molar refractivity (Wildman–Crippen MR) is 91.8 cm³/mol. The molecular formula is C17H26N6. The van der Waals surface area contributed by atoms with E-state index in [1.165, 1.54) is 38.1 Å². The van der Waals surface area contributed by atoms with Crippen LogP contribution in [0.5, 0.6) is 0 Å². The van der Waals surface area contributed by atoms with Crippen molar-refractivity contribution in [2.24, 2.45) is 0 Å². The molecule has 0 aromatic carbocycles. The summed E-state index contributed by atoms with van der Waals surface area (Å²) >= 11 is 0. The zero-order valence-corrected chi connectivity index (χ0v) is 14.0. The minimum Gasteiger partial charge on any atom is -0.352 e. The molecule has 2 aromatic rings. The molecule has 0 bridgehead atoms. The highest BCUT2D eigenvalue weighted by Crippen LogP contribution is 2.26. The van der Waals surface area contributed by atoms with Crippen LogP contribution in [0.3, 0.4) is 0 Å². The number of rotatable bonds is 3. The molecule has 2 aromatic heterocycles. The molecule has 124 valence electrons. The van der Waals surface area contributed by atoms with Gasteiger partial charge in [-0.3, -0.25) is 4.90 Å². The van der Waals surface area contributed by atoms with Gasteiger partial charge in [-0.1, -0.05) is 13.3 Å². The van der Waals surface area contributed by atoms with Gasteiger partial charge in [0.1, 0.15) is 12.2 Å². The second-order valence-corrected chi connectivity index (χ2v) is 6.69. The Morgan fingerprint density at radius 1 is 1.00 bits per heavy atom. The molecule has 4 heterocycles. The Labute approximate surface area is 137 Å². The zero-order valence-electron chi connectivity index (χ0n) is 14.0. The smallest absolute Gasteiger partial charge is 0.165 e. The van der Waals surface area contributed by atoms with Crippen LogP contribution >= 0.6 is 0 Å². The third kappa shape index (κ3) is 2.80. The van der Waals surface area contributed by atoms with E-state index in [0.29, 0.717) is 0 Å². The lowest BCUT2D eigenvalue weighted by Gasteiger charge is -2.35. The molecule has 4 rings (SSSR count). The summed E-state index contributed by atoms with van der Waals surface area (Å²) < 4.78 is 2.32. The van der Waals surface area contributed by atoms with Gasteiger partial charge in [-0.15, -0.1) is 0 Å². The van der Waals surface area contributed by atoms with Crippen molar-refractivity contribution >= 4 is 17.0 Å². The first kappa shape index (κ1) is 14.9. The van der Waals surface area contributed by atoms with Gasteiger partial charge < -0.3 is 9.47 Å². The average molecular weight is 314 g/mol. The molecule has 2 aliphatic heterocycles. The summed E-state index contributed by atoms with van der Waals surface area (Å²) in [6, 6.07) is 0. The topological polar surface area (TPSA) is 50.1 Å². The number of nitrogens with zero attached hydrogens (tertiary/aromatic N) is 6. The first-order chi connectivity index (χ1) is 11.4. The van der Waals surface area contributed by atoms with E-state index in [4.69, 9.17) is 4.98 Å². The first-order valence-corrected chi connectivity index (χ1v) is 9.04. The van der Waals surface area contributed by atoms with Crippen LogP contribution in [0.1, 0.15) is 38.4 Å². The van der Waals surface area contributed by atoms with E-state index >= 15 is 0 Å². The van der Waals surface area contributed by atoms with E-state index in [1.807, 2.05) is 0 Å². The van der Waals surface area contributed by atoms with Gasteiger partial charge in [-0.2, -0.15) is 0 Å². The Balaban J connectivity index is 1.63. The number of imidazole rings is 1. The number of aromatic nitrogens is 4. The highest BCUT2D eigenvalue weighted by atomic mass is 15.3. The summed E-state index contributed by atoms with van der Waals surface area (Å²) in [4.78, 5) is 19.0. The van der Waals surface area contributed by atoms with Crippen molar-refractivity contribution in [1.82, 2.24) is 24.4 Å². The van der Waals surface area contributed by atoms with Crippen molar-refractivity contribution in [1.29, 1.82) is 0 Å². The van der Waals surface area contributed by atoms with Crippen LogP contribution < -0.4 is 4.90 Å². The van der Waals surface area contributed by atoms with Crippen LogP contribution in [0.25, 0.3) is 11.2 Å². The molecule has 0 N–H and O–H groups in total. The zero-order chi connectivity index (χ0) is 15.6. The standard InChI is InChI=1S/C17H26N6/c1-2-7-21-9-11-22(12-10-21)16-15-17(19-13-18-16)23-8-5-3-4-6-14(23)20-15/h13H,2-12H2,1H3. The van der Waals surface area contributed by atoms with Crippen LogP contribution in [0.2, 0.25) is 0 Å². The maximum atomic E-state index is 4.93. The van der Waals surface area contributed by atoms with Crippen LogP contribution in [-0.4, -0.2) is 57.1 Å². The van der Waals surface area contributed by atoms with Gasteiger partial charge in [0.25, 0.3) is 0 Å². The second-order valence-electron chi connectivity index (χ2n) is 6.69. The first-order valence-electron chi connectivity index (χ1n) is 9.04. The van der Waals surface area contributed by atoms with Crippen LogP contribution in [-0.2, 0) is 13.0 Å². The Hall–Kier alpha value is -1.69. The number of hydrogen-bond donors (Lipinski definition) is 0. The lowest BCUT2D eigenvalue weighted by Crippen LogP contribution is -2.46. The lowest BCUT2D eigenvalue weighted by molar-refractivity contribution is 0.258. The van der Waals surface area contributed by atoms with Gasteiger partial charge in [0, 0.05) is 39.1 Å². The normalized spacial score (nSPS) is 19.8. The highest BCUT2D eigenvalue weighted by molar-refractivity contribution is 5.84.